The molecule has 2 heterocycles. The van der Waals surface area contributed by atoms with E-state index in [1.165, 1.54) is 24.3 Å². The molecular weight excluding hydrogens is 260 g/mol. The first-order valence-corrected chi connectivity index (χ1v) is 7.73. The van der Waals surface area contributed by atoms with E-state index in [1.807, 2.05) is 17.8 Å². The third-order valence-corrected chi connectivity index (χ3v) is 4.45. The summed E-state index contributed by atoms with van der Waals surface area (Å²) in [4.78, 5) is 4.42. The molecule has 1 saturated heterocycles. The highest BCUT2D eigenvalue weighted by Gasteiger charge is 2.14. The van der Waals surface area contributed by atoms with Crippen LogP contribution in [-0.2, 0) is 11.3 Å². The zero-order chi connectivity index (χ0) is 13.1. The van der Waals surface area contributed by atoms with Crippen LogP contribution in [0, 0.1) is 0 Å². The second-order valence-corrected chi connectivity index (χ2v) is 5.93. The zero-order valence-electron chi connectivity index (χ0n) is 11.0. The van der Waals surface area contributed by atoms with Crippen molar-refractivity contribution >= 4 is 28.5 Å². The molecule has 102 valence electrons. The number of nitrogens with one attached hydrogen (secondary N) is 1. The summed E-state index contributed by atoms with van der Waals surface area (Å²) in [6.45, 7) is 0.413. The van der Waals surface area contributed by atoms with Gasteiger partial charge in [0.05, 0.1) is 0 Å². The molecule has 1 atom stereocenters. The number of nitrogens with zero attached hydrogens (tertiary/aromatic N) is 1. The van der Waals surface area contributed by atoms with E-state index in [-0.39, 0.29) is 0 Å². The van der Waals surface area contributed by atoms with Gasteiger partial charge >= 0.3 is 0 Å². The van der Waals surface area contributed by atoms with Gasteiger partial charge in [-0.1, -0.05) is 0 Å². The number of methoxy groups -OCH3 is 1. The summed E-state index contributed by atoms with van der Waals surface area (Å²) in [7, 11) is 1.64. The second kappa shape index (κ2) is 5.84. The molecule has 4 nitrogen and oxygen atoms in total. The van der Waals surface area contributed by atoms with Gasteiger partial charge in [-0.3, -0.25) is 0 Å². The van der Waals surface area contributed by atoms with Crippen LogP contribution in [-0.4, -0.2) is 29.6 Å². The Labute approximate surface area is 116 Å². The Hall–Kier alpha value is -1.20. The maximum absolute atomic E-state index is 5.59. The maximum atomic E-state index is 5.59. The number of aromatic nitrogens is 1. The molecule has 1 aromatic carbocycles. The number of hydrogen-bond acceptors (Lipinski definition) is 5. The molecule has 1 aromatic heterocycles. The smallest absolute Gasteiger partial charge is 0.221 e. The van der Waals surface area contributed by atoms with E-state index >= 15 is 0 Å². The van der Waals surface area contributed by atoms with Gasteiger partial charge in [-0.25, -0.2) is 4.98 Å². The monoisotopic (exact) mass is 278 g/mol. The van der Waals surface area contributed by atoms with E-state index in [4.69, 9.17) is 9.15 Å². The lowest BCUT2D eigenvalue weighted by Gasteiger charge is -2.23. The average molecular weight is 278 g/mol. The highest BCUT2D eigenvalue weighted by atomic mass is 32.2. The van der Waals surface area contributed by atoms with Crippen LogP contribution >= 0.6 is 11.8 Å². The molecule has 0 radical (unpaired) electrons. The van der Waals surface area contributed by atoms with Crippen LogP contribution in [0.25, 0.3) is 11.1 Å². The van der Waals surface area contributed by atoms with E-state index in [1.54, 1.807) is 7.11 Å². The van der Waals surface area contributed by atoms with Gasteiger partial charge < -0.3 is 14.5 Å². The van der Waals surface area contributed by atoms with Gasteiger partial charge in [-0.05, 0) is 36.8 Å². The number of thioether (sulfide) groups is 1. The van der Waals surface area contributed by atoms with Crippen molar-refractivity contribution in [2.45, 2.75) is 25.5 Å². The lowest BCUT2D eigenvalue weighted by Crippen LogP contribution is -2.25. The summed E-state index contributed by atoms with van der Waals surface area (Å²) in [5.41, 5.74) is 2.83. The minimum atomic E-state index is 0.413. The number of benzene rings is 1. The van der Waals surface area contributed by atoms with Crippen molar-refractivity contribution in [1.29, 1.82) is 0 Å². The average Bonchev–Trinajstić information content (AvgIpc) is 2.82. The molecule has 19 heavy (non-hydrogen) atoms. The predicted molar refractivity (Wildman–Crippen MR) is 78.7 cm³/mol. The van der Waals surface area contributed by atoms with Crippen molar-refractivity contribution < 1.29 is 9.15 Å². The Morgan fingerprint density at radius 2 is 2.47 bits per heavy atom. The van der Waals surface area contributed by atoms with Crippen molar-refractivity contribution in [2.75, 3.05) is 23.9 Å². The quantitative estimate of drug-likeness (QED) is 0.930. The molecule has 0 aliphatic carbocycles. The Morgan fingerprint density at radius 3 is 3.26 bits per heavy atom. The van der Waals surface area contributed by atoms with Crippen molar-refractivity contribution in [1.82, 2.24) is 4.98 Å². The molecule has 0 bridgehead atoms. The fourth-order valence-electron chi connectivity index (χ4n) is 2.34. The van der Waals surface area contributed by atoms with E-state index in [0.29, 0.717) is 18.5 Å². The minimum Gasteiger partial charge on any atom is -0.438 e. The van der Waals surface area contributed by atoms with Crippen molar-refractivity contribution in [3.05, 3.63) is 24.1 Å². The first-order chi connectivity index (χ1) is 9.35. The lowest BCUT2D eigenvalue weighted by atomic mass is 10.1. The first kappa shape index (κ1) is 12.8. The van der Waals surface area contributed by atoms with Crippen molar-refractivity contribution in [2.24, 2.45) is 0 Å². The largest absolute Gasteiger partial charge is 0.438 e. The predicted octanol–water partition coefficient (Wildman–Crippen LogP) is 3.28. The van der Waals surface area contributed by atoms with Crippen LogP contribution in [0.3, 0.4) is 0 Å². The summed E-state index contributed by atoms with van der Waals surface area (Å²) in [6.07, 6.45) is 2.55. The van der Waals surface area contributed by atoms with Gasteiger partial charge in [-0.15, -0.1) is 0 Å². The number of oxazole rings is 1. The van der Waals surface area contributed by atoms with E-state index in [2.05, 4.69) is 22.4 Å². The third-order valence-electron chi connectivity index (χ3n) is 3.23. The molecule has 1 fully saturated rings. The number of ether oxygens (including phenoxy) is 1. The number of hydrogen-bond donors (Lipinski definition) is 1. The van der Waals surface area contributed by atoms with Crippen molar-refractivity contribution in [3.63, 3.8) is 0 Å². The molecule has 5 heteroatoms. The van der Waals surface area contributed by atoms with Crippen molar-refractivity contribution in [3.8, 4) is 0 Å². The van der Waals surface area contributed by atoms with Gasteiger partial charge in [-0.2, -0.15) is 11.8 Å². The van der Waals surface area contributed by atoms with Gasteiger partial charge in [0.2, 0.25) is 5.89 Å². The lowest BCUT2D eigenvalue weighted by molar-refractivity contribution is 0.161. The third kappa shape index (κ3) is 3.04. The number of rotatable bonds is 4. The normalized spacial score (nSPS) is 19.7. The van der Waals surface area contributed by atoms with E-state index < -0.39 is 0 Å². The highest BCUT2D eigenvalue weighted by Crippen LogP contribution is 2.24. The van der Waals surface area contributed by atoms with E-state index in [0.717, 1.165) is 16.8 Å². The molecule has 0 unspecified atom stereocenters. The van der Waals surface area contributed by atoms with Gasteiger partial charge in [0.25, 0.3) is 0 Å². The molecule has 1 aliphatic rings. The SMILES string of the molecule is COCc1nc2cc(N[C@@H]3CCCSC3)ccc2o1. The molecule has 3 rings (SSSR count). The zero-order valence-corrected chi connectivity index (χ0v) is 11.8. The summed E-state index contributed by atoms with van der Waals surface area (Å²) < 4.78 is 10.6. The minimum absolute atomic E-state index is 0.413. The summed E-state index contributed by atoms with van der Waals surface area (Å²) in [5, 5.41) is 3.58. The Bertz CT molecular complexity index is 549. The van der Waals surface area contributed by atoms with Crippen LogP contribution in [0.4, 0.5) is 5.69 Å². The Balaban J connectivity index is 1.76. The molecule has 1 N–H and O–H groups in total. The van der Waals surface area contributed by atoms with Gasteiger partial charge in [0.15, 0.2) is 5.58 Å². The Morgan fingerprint density at radius 1 is 1.53 bits per heavy atom. The number of fused-ring (bicyclic) bond motifs is 1. The topological polar surface area (TPSA) is 47.3 Å². The molecule has 0 saturated carbocycles. The first-order valence-electron chi connectivity index (χ1n) is 6.58. The van der Waals surface area contributed by atoms with Crippen LogP contribution in [0.5, 0.6) is 0 Å². The molecule has 0 amide bonds. The van der Waals surface area contributed by atoms with Gasteiger partial charge in [0.1, 0.15) is 12.1 Å². The van der Waals surface area contributed by atoms with Crippen LogP contribution < -0.4 is 5.32 Å². The Kier molecular flexibility index (Phi) is 3.94. The fraction of sp³-hybridized carbons (Fsp3) is 0.500. The number of anilines is 1. The van der Waals surface area contributed by atoms with Gasteiger partial charge in [0, 0.05) is 24.6 Å². The fourth-order valence-corrected chi connectivity index (χ4v) is 3.41. The maximum Gasteiger partial charge on any atom is 0.221 e. The van der Waals surface area contributed by atoms with Crippen LogP contribution in [0.15, 0.2) is 22.6 Å². The molecule has 2 aromatic rings. The van der Waals surface area contributed by atoms with Crippen LogP contribution in [0.2, 0.25) is 0 Å². The highest BCUT2D eigenvalue weighted by molar-refractivity contribution is 7.99. The molecule has 0 spiro atoms. The second-order valence-electron chi connectivity index (χ2n) is 4.78. The summed E-state index contributed by atoms with van der Waals surface area (Å²) >= 11 is 2.02. The summed E-state index contributed by atoms with van der Waals surface area (Å²) in [6, 6.07) is 6.65. The van der Waals surface area contributed by atoms with E-state index in [9.17, 15) is 0 Å². The summed E-state index contributed by atoms with van der Waals surface area (Å²) in [5.74, 6) is 3.11. The van der Waals surface area contributed by atoms with Crippen LogP contribution in [0.1, 0.15) is 18.7 Å². The molecule has 1 aliphatic heterocycles. The molecular formula is C14H18N2O2S. The standard InChI is InChI=1S/C14H18N2O2S/c1-17-8-14-16-12-7-10(4-5-13(12)18-14)15-11-3-2-6-19-9-11/h4-5,7,11,15H,2-3,6,8-9H2,1H3/t11-/m1/s1.